The highest BCUT2D eigenvalue weighted by Gasteiger charge is 2.23. The minimum absolute atomic E-state index is 0.265. The summed E-state index contributed by atoms with van der Waals surface area (Å²) in [6.45, 7) is 3.23. The van der Waals surface area contributed by atoms with Gasteiger partial charge in [-0.2, -0.15) is 0 Å². The molecule has 1 aliphatic carbocycles. The number of imidazole rings is 1. The van der Waals surface area contributed by atoms with Crippen LogP contribution in [-0.2, 0) is 17.7 Å². The molecule has 1 heterocycles. The molecule has 132 valence electrons. The first kappa shape index (κ1) is 17.4. The van der Waals surface area contributed by atoms with Gasteiger partial charge < -0.3 is 9.30 Å². The first-order valence-corrected chi connectivity index (χ1v) is 8.97. The number of aldehydes is 1. The van der Waals surface area contributed by atoms with Crippen molar-refractivity contribution in [3.05, 3.63) is 53.1 Å². The Morgan fingerprint density at radius 3 is 2.72 bits per heavy atom. The molecule has 1 aromatic heterocycles. The van der Waals surface area contributed by atoms with Gasteiger partial charge in [-0.3, -0.25) is 4.79 Å². The van der Waals surface area contributed by atoms with E-state index in [9.17, 15) is 9.59 Å². The van der Waals surface area contributed by atoms with E-state index in [0.717, 1.165) is 49.8 Å². The van der Waals surface area contributed by atoms with Crippen LogP contribution in [0.5, 0.6) is 0 Å². The molecule has 0 unspecified atom stereocenters. The van der Waals surface area contributed by atoms with E-state index >= 15 is 0 Å². The number of hydrogen-bond acceptors (Lipinski definition) is 4. The van der Waals surface area contributed by atoms with Gasteiger partial charge in [-0.05, 0) is 42.9 Å². The largest absolute Gasteiger partial charge is 0.462 e. The van der Waals surface area contributed by atoms with Crippen molar-refractivity contribution in [1.82, 2.24) is 9.55 Å². The Bertz CT molecular complexity index is 730. The fourth-order valence-electron chi connectivity index (χ4n) is 2.73. The Morgan fingerprint density at radius 1 is 1.32 bits per heavy atom. The van der Waals surface area contributed by atoms with Gasteiger partial charge in [-0.1, -0.05) is 25.5 Å². The Kier molecular flexibility index (Phi) is 5.64. The standard InChI is InChI=1S/C20H24N2O3/c1-2-3-4-19-21-11-18(13-23)22(19)12-15-7-9-17(10-8-15)20(24)25-14-16-5-6-16/h7-11,13,16H,2-6,12,14H2,1H3. The molecule has 0 atom stereocenters. The molecule has 3 rings (SSSR count). The van der Waals surface area contributed by atoms with Crippen molar-refractivity contribution in [2.24, 2.45) is 5.92 Å². The summed E-state index contributed by atoms with van der Waals surface area (Å²) in [6.07, 6.45) is 7.78. The number of carbonyl (C=O) groups is 2. The second kappa shape index (κ2) is 8.10. The van der Waals surface area contributed by atoms with E-state index in [4.69, 9.17) is 4.74 Å². The van der Waals surface area contributed by atoms with E-state index in [1.54, 1.807) is 18.3 Å². The molecule has 0 N–H and O–H groups in total. The lowest BCUT2D eigenvalue weighted by atomic mass is 10.1. The van der Waals surface area contributed by atoms with Gasteiger partial charge in [-0.25, -0.2) is 9.78 Å². The highest BCUT2D eigenvalue weighted by molar-refractivity contribution is 5.89. The molecule has 25 heavy (non-hydrogen) atoms. The van der Waals surface area contributed by atoms with Crippen molar-refractivity contribution in [1.29, 1.82) is 0 Å². The monoisotopic (exact) mass is 340 g/mol. The van der Waals surface area contributed by atoms with Gasteiger partial charge in [0.15, 0.2) is 6.29 Å². The predicted octanol–water partition coefficient (Wildman–Crippen LogP) is 3.65. The highest BCUT2D eigenvalue weighted by Crippen LogP contribution is 2.29. The number of aromatic nitrogens is 2. The third kappa shape index (κ3) is 4.56. The number of carbonyl (C=O) groups excluding carboxylic acids is 2. The third-order valence-corrected chi connectivity index (χ3v) is 4.52. The van der Waals surface area contributed by atoms with Crippen LogP contribution >= 0.6 is 0 Å². The average molecular weight is 340 g/mol. The van der Waals surface area contributed by atoms with E-state index in [-0.39, 0.29) is 5.97 Å². The van der Waals surface area contributed by atoms with Crippen molar-refractivity contribution in [2.45, 2.75) is 45.6 Å². The highest BCUT2D eigenvalue weighted by atomic mass is 16.5. The molecule has 0 spiro atoms. The minimum atomic E-state index is -0.265. The molecule has 0 amide bonds. The zero-order valence-corrected chi connectivity index (χ0v) is 14.6. The van der Waals surface area contributed by atoms with Crippen molar-refractivity contribution < 1.29 is 14.3 Å². The van der Waals surface area contributed by atoms with Gasteiger partial charge in [0.2, 0.25) is 0 Å². The van der Waals surface area contributed by atoms with E-state index in [2.05, 4.69) is 11.9 Å². The summed E-state index contributed by atoms with van der Waals surface area (Å²) < 4.78 is 7.24. The molecule has 2 aromatic rings. The molecule has 0 radical (unpaired) electrons. The second-order valence-electron chi connectivity index (χ2n) is 6.65. The van der Waals surface area contributed by atoms with Crippen LogP contribution in [0, 0.1) is 5.92 Å². The summed E-state index contributed by atoms with van der Waals surface area (Å²) in [5, 5.41) is 0. The molecule has 1 fully saturated rings. The average Bonchev–Trinajstić information content (AvgIpc) is 3.39. The lowest BCUT2D eigenvalue weighted by Gasteiger charge is -2.10. The van der Waals surface area contributed by atoms with Gasteiger partial charge in [0.1, 0.15) is 11.5 Å². The molecule has 5 heteroatoms. The SMILES string of the molecule is CCCCc1ncc(C=O)n1Cc1ccc(C(=O)OCC2CC2)cc1. The number of unbranched alkanes of at least 4 members (excludes halogenated alkanes) is 1. The number of ether oxygens (including phenoxy) is 1. The maximum Gasteiger partial charge on any atom is 0.338 e. The van der Waals surface area contributed by atoms with Crippen LogP contribution in [-0.4, -0.2) is 28.4 Å². The third-order valence-electron chi connectivity index (χ3n) is 4.52. The summed E-state index contributed by atoms with van der Waals surface area (Å²) >= 11 is 0. The molecule has 0 bridgehead atoms. The van der Waals surface area contributed by atoms with E-state index < -0.39 is 0 Å². The van der Waals surface area contributed by atoms with Crippen LogP contribution in [0.1, 0.15) is 64.8 Å². The predicted molar refractivity (Wildman–Crippen MR) is 94.8 cm³/mol. The van der Waals surface area contributed by atoms with Gasteiger partial charge in [0.25, 0.3) is 0 Å². The fraction of sp³-hybridized carbons (Fsp3) is 0.450. The Hall–Kier alpha value is -2.43. The molecule has 0 saturated heterocycles. The molecular formula is C20H24N2O3. The minimum Gasteiger partial charge on any atom is -0.462 e. The van der Waals surface area contributed by atoms with Gasteiger partial charge in [0.05, 0.1) is 18.4 Å². The summed E-state index contributed by atoms with van der Waals surface area (Å²) in [5.74, 6) is 1.22. The van der Waals surface area contributed by atoms with Crippen LogP contribution < -0.4 is 0 Å². The molecule has 5 nitrogen and oxygen atoms in total. The molecule has 1 aliphatic rings. The van der Waals surface area contributed by atoms with Crippen LogP contribution in [0.15, 0.2) is 30.5 Å². The number of esters is 1. The number of aryl methyl sites for hydroxylation is 1. The topological polar surface area (TPSA) is 61.2 Å². The number of rotatable bonds is 9. The maximum atomic E-state index is 12.0. The van der Waals surface area contributed by atoms with Gasteiger partial charge in [0, 0.05) is 13.0 Å². The van der Waals surface area contributed by atoms with E-state index in [0.29, 0.717) is 30.3 Å². The van der Waals surface area contributed by atoms with Crippen molar-refractivity contribution in [3.8, 4) is 0 Å². The van der Waals surface area contributed by atoms with Gasteiger partial charge >= 0.3 is 5.97 Å². The Morgan fingerprint density at radius 2 is 2.08 bits per heavy atom. The summed E-state index contributed by atoms with van der Waals surface area (Å²) in [6, 6.07) is 7.39. The summed E-state index contributed by atoms with van der Waals surface area (Å²) in [5.41, 5.74) is 2.17. The molecular weight excluding hydrogens is 316 g/mol. The van der Waals surface area contributed by atoms with Crippen molar-refractivity contribution in [2.75, 3.05) is 6.61 Å². The molecule has 1 saturated carbocycles. The molecule has 1 aromatic carbocycles. The fourth-order valence-corrected chi connectivity index (χ4v) is 2.73. The molecule has 0 aliphatic heterocycles. The Labute approximate surface area is 148 Å². The lowest BCUT2D eigenvalue weighted by molar-refractivity contribution is 0.0486. The number of hydrogen-bond donors (Lipinski definition) is 0. The van der Waals surface area contributed by atoms with E-state index in [1.165, 1.54) is 0 Å². The zero-order chi connectivity index (χ0) is 17.6. The Balaban J connectivity index is 1.67. The van der Waals surface area contributed by atoms with Crippen LogP contribution in [0.25, 0.3) is 0 Å². The van der Waals surface area contributed by atoms with Crippen molar-refractivity contribution in [3.63, 3.8) is 0 Å². The quantitative estimate of drug-likeness (QED) is 0.516. The number of nitrogens with zero attached hydrogens (tertiary/aromatic N) is 2. The summed E-state index contributed by atoms with van der Waals surface area (Å²) in [4.78, 5) is 27.6. The maximum absolute atomic E-state index is 12.0. The zero-order valence-electron chi connectivity index (χ0n) is 14.6. The smallest absolute Gasteiger partial charge is 0.338 e. The van der Waals surface area contributed by atoms with Gasteiger partial charge in [-0.15, -0.1) is 0 Å². The van der Waals surface area contributed by atoms with Crippen LogP contribution in [0.2, 0.25) is 0 Å². The number of benzene rings is 1. The lowest BCUT2D eigenvalue weighted by Crippen LogP contribution is -2.10. The second-order valence-corrected chi connectivity index (χ2v) is 6.65. The van der Waals surface area contributed by atoms with Crippen LogP contribution in [0.3, 0.4) is 0 Å². The first-order chi connectivity index (χ1) is 12.2. The summed E-state index contributed by atoms with van der Waals surface area (Å²) in [7, 11) is 0. The normalized spacial score (nSPS) is 13.6. The van der Waals surface area contributed by atoms with Crippen molar-refractivity contribution >= 4 is 12.3 Å². The van der Waals surface area contributed by atoms with E-state index in [1.807, 2.05) is 16.7 Å². The van der Waals surface area contributed by atoms with Crippen LogP contribution in [0.4, 0.5) is 0 Å². The first-order valence-electron chi connectivity index (χ1n) is 8.97.